The van der Waals surface area contributed by atoms with E-state index in [9.17, 15) is 13.2 Å². The van der Waals surface area contributed by atoms with E-state index in [1.807, 2.05) is 24.3 Å². The van der Waals surface area contributed by atoms with E-state index in [1.165, 1.54) is 13.3 Å². The number of benzene rings is 1. The summed E-state index contributed by atoms with van der Waals surface area (Å²) in [7, 11) is -2.13. The zero-order chi connectivity index (χ0) is 17.6. The average molecular weight is 413 g/mol. The Bertz CT molecular complexity index is 807. The van der Waals surface area contributed by atoms with Gasteiger partial charge in [0.2, 0.25) is 10.0 Å². The quantitative estimate of drug-likeness (QED) is 0.705. The van der Waals surface area contributed by atoms with Crippen molar-refractivity contribution in [2.45, 2.75) is 13.0 Å². The maximum absolute atomic E-state index is 12.1. The second-order valence-corrected chi connectivity index (χ2v) is 7.89. The maximum atomic E-state index is 12.1. The van der Waals surface area contributed by atoms with Gasteiger partial charge in [-0.3, -0.25) is 4.98 Å². The summed E-state index contributed by atoms with van der Waals surface area (Å²) in [4.78, 5) is 15.4. The van der Waals surface area contributed by atoms with Crippen LogP contribution in [0.4, 0.5) is 0 Å². The zero-order valence-corrected chi connectivity index (χ0v) is 15.4. The lowest BCUT2D eigenvalue weighted by molar-refractivity contribution is 0.0600. The highest BCUT2D eigenvalue weighted by Gasteiger charge is 2.11. The second kappa shape index (κ2) is 8.36. The number of ether oxygens (including phenoxy) is 1. The lowest BCUT2D eigenvalue weighted by atomic mass is 10.2. The summed E-state index contributed by atoms with van der Waals surface area (Å²) in [6.45, 7) is 0.0717. The first-order chi connectivity index (χ1) is 11.4. The number of methoxy groups -OCH3 is 1. The highest BCUT2D eigenvalue weighted by molar-refractivity contribution is 9.10. The molecule has 0 aliphatic heterocycles. The standard InChI is InChI=1S/C16H17BrN2O4S/c1-23-16(20)13-5-6-15(18-10-13)11-19-24(21,22)8-7-12-3-2-4-14(17)9-12/h2-6,9-10,19H,7-8,11H2,1H3. The number of carbonyl (C=O) groups is 1. The van der Waals surface area contributed by atoms with E-state index in [0.29, 0.717) is 17.7 Å². The summed E-state index contributed by atoms with van der Waals surface area (Å²) in [5, 5.41) is 0. The average Bonchev–Trinajstić information content (AvgIpc) is 2.58. The Morgan fingerprint density at radius 1 is 1.29 bits per heavy atom. The minimum absolute atomic E-state index is 0.0102. The molecule has 1 aromatic carbocycles. The molecule has 128 valence electrons. The topological polar surface area (TPSA) is 85.4 Å². The highest BCUT2D eigenvalue weighted by atomic mass is 79.9. The number of hydrogen-bond donors (Lipinski definition) is 1. The Balaban J connectivity index is 1.89. The SMILES string of the molecule is COC(=O)c1ccc(CNS(=O)(=O)CCc2cccc(Br)c2)nc1. The van der Waals surface area contributed by atoms with Gasteiger partial charge in [0.05, 0.1) is 30.7 Å². The normalized spacial score (nSPS) is 11.2. The van der Waals surface area contributed by atoms with E-state index in [0.717, 1.165) is 10.0 Å². The number of rotatable bonds is 7. The fourth-order valence-electron chi connectivity index (χ4n) is 1.97. The lowest BCUT2D eigenvalue weighted by Crippen LogP contribution is -2.27. The molecule has 0 spiro atoms. The van der Waals surface area contributed by atoms with E-state index < -0.39 is 16.0 Å². The minimum Gasteiger partial charge on any atom is -0.465 e. The molecule has 6 nitrogen and oxygen atoms in total. The number of aryl methyl sites for hydroxylation is 1. The van der Waals surface area contributed by atoms with Crippen LogP contribution >= 0.6 is 15.9 Å². The number of hydrogen-bond acceptors (Lipinski definition) is 5. The van der Waals surface area contributed by atoms with Gasteiger partial charge in [0, 0.05) is 10.7 Å². The third-order valence-corrected chi connectivity index (χ3v) is 5.09. The van der Waals surface area contributed by atoms with Crippen molar-refractivity contribution in [3.63, 3.8) is 0 Å². The monoisotopic (exact) mass is 412 g/mol. The zero-order valence-electron chi connectivity index (χ0n) is 13.0. The summed E-state index contributed by atoms with van der Waals surface area (Å²) in [5.74, 6) is -0.493. The first-order valence-corrected chi connectivity index (χ1v) is 9.59. The van der Waals surface area contributed by atoms with Gasteiger partial charge in [-0.25, -0.2) is 17.9 Å². The molecular weight excluding hydrogens is 396 g/mol. The molecule has 2 aromatic rings. The molecule has 0 atom stereocenters. The van der Waals surface area contributed by atoms with Crippen LogP contribution in [0.2, 0.25) is 0 Å². The molecule has 1 aromatic heterocycles. The smallest absolute Gasteiger partial charge is 0.339 e. The Hall–Kier alpha value is -1.77. The molecule has 0 fully saturated rings. The van der Waals surface area contributed by atoms with Crippen molar-refractivity contribution in [1.82, 2.24) is 9.71 Å². The first kappa shape index (κ1) is 18.6. The van der Waals surface area contributed by atoms with Crippen LogP contribution in [0, 0.1) is 0 Å². The van der Waals surface area contributed by atoms with Crippen LogP contribution in [0.5, 0.6) is 0 Å². The Labute approximate surface area is 149 Å². The van der Waals surface area contributed by atoms with Gasteiger partial charge in [-0.05, 0) is 36.2 Å². The van der Waals surface area contributed by atoms with Crippen molar-refractivity contribution in [3.05, 3.63) is 63.9 Å². The van der Waals surface area contributed by atoms with Gasteiger partial charge in [0.1, 0.15) is 0 Å². The summed E-state index contributed by atoms with van der Waals surface area (Å²) in [5.41, 5.74) is 1.78. The molecule has 0 unspecified atom stereocenters. The number of pyridine rings is 1. The summed E-state index contributed by atoms with van der Waals surface area (Å²) in [6.07, 6.45) is 1.78. The molecule has 0 amide bonds. The molecule has 0 saturated carbocycles. The number of halogens is 1. The van der Waals surface area contributed by atoms with Gasteiger partial charge in [-0.1, -0.05) is 28.1 Å². The highest BCUT2D eigenvalue weighted by Crippen LogP contribution is 2.12. The maximum Gasteiger partial charge on any atom is 0.339 e. The van der Waals surface area contributed by atoms with Crippen molar-refractivity contribution in [2.24, 2.45) is 0 Å². The van der Waals surface area contributed by atoms with Crippen molar-refractivity contribution >= 4 is 31.9 Å². The predicted molar refractivity (Wildman–Crippen MR) is 94.0 cm³/mol. The lowest BCUT2D eigenvalue weighted by Gasteiger charge is -2.07. The summed E-state index contributed by atoms with van der Waals surface area (Å²) < 4.78 is 32.1. The molecule has 0 bridgehead atoms. The number of sulfonamides is 1. The number of aromatic nitrogens is 1. The van der Waals surface area contributed by atoms with Crippen LogP contribution in [0.3, 0.4) is 0 Å². The molecule has 0 saturated heterocycles. The van der Waals surface area contributed by atoms with Gasteiger partial charge in [0.25, 0.3) is 0 Å². The van der Waals surface area contributed by atoms with Crippen molar-refractivity contribution in [2.75, 3.05) is 12.9 Å². The molecule has 24 heavy (non-hydrogen) atoms. The van der Waals surface area contributed by atoms with Crippen LogP contribution in [-0.4, -0.2) is 32.2 Å². The fourth-order valence-corrected chi connectivity index (χ4v) is 3.43. The number of nitrogens with one attached hydrogen (secondary N) is 1. The number of carbonyl (C=O) groups excluding carboxylic acids is 1. The van der Waals surface area contributed by atoms with Crippen LogP contribution in [-0.2, 0) is 27.7 Å². The molecule has 8 heteroatoms. The summed E-state index contributed by atoms with van der Waals surface area (Å²) >= 11 is 3.36. The van der Waals surface area contributed by atoms with E-state index in [4.69, 9.17) is 0 Å². The third kappa shape index (κ3) is 5.70. The van der Waals surface area contributed by atoms with Gasteiger partial charge >= 0.3 is 5.97 Å². The molecule has 1 N–H and O–H groups in total. The minimum atomic E-state index is -3.42. The fraction of sp³-hybridized carbons (Fsp3) is 0.250. The van der Waals surface area contributed by atoms with Crippen LogP contribution in [0.15, 0.2) is 47.1 Å². The molecule has 0 aliphatic rings. The van der Waals surface area contributed by atoms with Crippen molar-refractivity contribution in [3.8, 4) is 0 Å². The number of nitrogens with zero attached hydrogens (tertiary/aromatic N) is 1. The first-order valence-electron chi connectivity index (χ1n) is 7.14. The van der Waals surface area contributed by atoms with Gasteiger partial charge in [-0.15, -0.1) is 0 Å². The van der Waals surface area contributed by atoms with Crippen LogP contribution in [0.1, 0.15) is 21.6 Å². The van der Waals surface area contributed by atoms with E-state index >= 15 is 0 Å². The van der Waals surface area contributed by atoms with Gasteiger partial charge in [0.15, 0.2) is 0 Å². The molecule has 2 rings (SSSR count). The Morgan fingerprint density at radius 3 is 2.71 bits per heavy atom. The summed E-state index contributed by atoms with van der Waals surface area (Å²) in [6, 6.07) is 10.7. The third-order valence-electron chi connectivity index (χ3n) is 3.27. The Kier molecular flexibility index (Phi) is 6.47. The predicted octanol–water partition coefficient (Wildman–Crippen LogP) is 2.29. The van der Waals surface area contributed by atoms with Crippen molar-refractivity contribution < 1.29 is 17.9 Å². The van der Waals surface area contributed by atoms with Gasteiger partial charge in [-0.2, -0.15) is 0 Å². The molecule has 1 heterocycles. The van der Waals surface area contributed by atoms with Crippen LogP contribution in [0.25, 0.3) is 0 Å². The largest absolute Gasteiger partial charge is 0.465 e. The van der Waals surface area contributed by atoms with E-state index in [2.05, 4.69) is 30.4 Å². The Morgan fingerprint density at radius 2 is 2.08 bits per heavy atom. The van der Waals surface area contributed by atoms with E-state index in [-0.39, 0.29) is 12.3 Å². The molecule has 0 radical (unpaired) electrons. The second-order valence-electron chi connectivity index (χ2n) is 5.05. The van der Waals surface area contributed by atoms with Crippen LogP contribution < -0.4 is 4.72 Å². The molecular formula is C16H17BrN2O4S. The van der Waals surface area contributed by atoms with E-state index in [1.54, 1.807) is 12.1 Å². The number of esters is 1. The molecule has 0 aliphatic carbocycles. The van der Waals surface area contributed by atoms with Gasteiger partial charge < -0.3 is 4.74 Å². The van der Waals surface area contributed by atoms with Crippen molar-refractivity contribution in [1.29, 1.82) is 0 Å².